The monoisotopic (exact) mass is 281 g/mol. The minimum absolute atomic E-state index is 0.194. The van der Waals surface area contributed by atoms with E-state index >= 15 is 0 Å². The topological polar surface area (TPSA) is 88.1 Å². The molecular weight excluding hydrogens is 262 g/mol. The van der Waals surface area contributed by atoms with Gasteiger partial charge in [-0.25, -0.2) is 4.79 Å². The molecule has 6 heteroatoms. The van der Waals surface area contributed by atoms with Crippen LogP contribution >= 0.6 is 11.3 Å². The van der Waals surface area contributed by atoms with Crippen molar-refractivity contribution in [2.45, 2.75) is 38.8 Å². The van der Waals surface area contributed by atoms with Crippen LogP contribution in [-0.4, -0.2) is 24.3 Å². The maximum atomic E-state index is 11.6. The van der Waals surface area contributed by atoms with Crippen LogP contribution in [0.25, 0.3) is 0 Å². The molecule has 0 aliphatic heterocycles. The highest BCUT2D eigenvalue weighted by Gasteiger charge is 2.19. The Morgan fingerprint density at radius 1 is 1.58 bits per heavy atom. The van der Waals surface area contributed by atoms with Gasteiger partial charge in [0.2, 0.25) is 0 Å². The number of nitriles is 1. The van der Waals surface area contributed by atoms with E-state index in [2.05, 4.69) is 11.4 Å². The van der Waals surface area contributed by atoms with Crippen LogP contribution in [-0.2, 0) is 11.2 Å². The number of nitrogens with one attached hydrogen (secondary N) is 1. The molecule has 0 aromatic carbocycles. The lowest BCUT2D eigenvalue weighted by molar-refractivity contribution is 0.0506. The fourth-order valence-corrected chi connectivity index (χ4v) is 2.34. The number of alkyl carbamates (subject to hydrolysis) is 1. The summed E-state index contributed by atoms with van der Waals surface area (Å²) in [5, 5.41) is 11.5. The minimum Gasteiger partial charge on any atom is -0.444 e. The molecule has 1 heterocycles. The van der Waals surface area contributed by atoms with Crippen molar-refractivity contribution in [2.75, 3.05) is 6.54 Å². The molecule has 0 aliphatic rings. The van der Waals surface area contributed by atoms with E-state index in [1.54, 1.807) is 6.07 Å². The van der Waals surface area contributed by atoms with Gasteiger partial charge in [-0.15, -0.1) is 11.3 Å². The lowest BCUT2D eigenvalue weighted by atomic mass is 10.2. The van der Waals surface area contributed by atoms with Gasteiger partial charge in [-0.3, -0.25) is 0 Å². The van der Waals surface area contributed by atoms with Gasteiger partial charge in [-0.05, 0) is 32.9 Å². The quantitative estimate of drug-likeness (QED) is 0.883. The Morgan fingerprint density at radius 2 is 2.26 bits per heavy atom. The maximum Gasteiger partial charge on any atom is 0.407 e. The highest BCUT2D eigenvalue weighted by atomic mass is 32.1. The van der Waals surface area contributed by atoms with Crippen molar-refractivity contribution < 1.29 is 9.53 Å². The number of hydrogen-bond acceptors (Lipinski definition) is 5. The molecule has 5 nitrogen and oxygen atoms in total. The first-order valence-electron chi connectivity index (χ1n) is 6.02. The van der Waals surface area contributed by atoms with Gasteiger partial charge in [-0.2, -0.15) is 5.26 Å². The summed E-state index contributed by atoms with van der Waals surface area (Å²) in [6.45, 7) is 5.74. The lowest BCUT2D eigenvalue weighted by Gasteiger charge is -2.22. The Kier molecular flexibility index (Phi) is 5.33. The van der Waals surface area contributed by atoms with Gasteiger partial charge in [0.1, 0.15) is 16.5 Å². The third-order valence-electron chi connectivity index (χ3n) is 2.22. The van der Waals surface area contributed by atoms with Crippen molar-refractivity contribution in [1.29, 1.82) is 5.26 Å². The Bertz CT molecular complexity index is 471. The Balaban J connectivity index is 2.54. The molecule has 0 bridgehead atoms. The summed E-state index contributed by atoms with van der Waals surface area (Å²) in [6, 6.07) is 5.53. The molecule has 1 unspecified atom stereocenters. The first-order chi connectivity index (χ1) is 8.84. The molecule has 0 spiro atoms. The van der Waals surface area contributed by atoms with Crippen LogP contribution in [0, 0.1) is 11.3 Å². The second-order valence-electron chi connectivity index (χ2n) is 5.16. The molecular formula is C13H19N3O2S. The van der Waals surface area contributed by atoms with Crippen molar-refractivity contribution in [3.05, 3.63) is 21.9 Å². The fraction of sp³-hybridized carbons (Fsp3) is 0.538. The molecule has 0 aliphatic carbocycles. The molecule has 1 rings (SSSR count). The van der Waals surface area contributed by atoms with Crippen molar-refractivity contribution in [1.82, 2.24) is 5.32 Å². The molecule has 3 N–H and O–H groups in total. The molecule has 0 saturated heterocycles. The van der Waals surface area contributed by atoms with Gasteiger partial charge in [0.05, 0.1) is 0 Å². The average molecular weight is 281 g/mol. The summed E-state index contributed by atoms with van der Waals surface area (Å²) in [5.41, 5.74) is 5.11. The van der Waals surface area contributed by atoms with Gasteiger partial charge in [0.25, 0.3) is 0 Å². The number of nitrogens with zero attached hydrogens (tertiary/aromatic N) is 1. The number of carbonyl (C=O) groups is 1. The largest absolute Gasteiger partial charge is 0.444 e. The third-order valence-corrected chi connectivity index (χ3v) is 3.24. The van der Waals surface area contributed by atoms with Crippen molar-refractivity contribution in [3.63, 3.8) is 0 Å². The van der Waals surface area contributed by atoms with Crippen molar-refractivity contribution in [2.24, 2.45) is 5.73 Å². The minimum atomic E-state index is -0.528. The molecule has 1 aromatic heterocycles. The van der Waals surface area contributed by atoms with Crippen LogP contribution < -0.4 is 11.1 Å². The van der Waals surface area contributed by atoms with Crippen molar-refractivity contribution in [3.8, 4) is 6.07 Å². The number of hydrogen-bond donors (Lipinski definition) is 2. The van der Waals surface area contributed by atoms with Gasteiger partial charge >= 0.3 is 6.09 Å². The van der Waals surface area contributed by atoms with E-state index < -0.39 is 11.7 Å². The first-order valence-corrected chi connectivity index (χ1v) is 6.84. The Labute approximate surface area is 117 Å². The predicted molar refractivity (Wildman–Crippen MR) is 75.0 cm³/mol. The second-order valence-corrected chi connectivity index (χ2v) is 6.33. The standard InChI is InChI=1S/C13H19N3O2S/c1-13(2,3)18-12(17)16-9(7-14)6-10-4-5-11(8-15)19-10/h4-5,9H,6-7,14H2,1-3H3,(H,16,17). The summed E-state index contributed by atoms with van der Waals surface area (Å²) >= 11 is 1.41. The maximum absolute atomic E-state index is 11.6. The zero-order valence-corrected chi connectivity index (χ0v) is 12.2. The SMILES string of the molecule is CC(C)(C)OC(=O)NC(CN)Cc1ccc(C#N)s1. The van der Waals surface area contributed by atoms with E-state index in [-0.39, 0.29) is 6.04 Å². The summed E-state index contributed by atoms with van der Waals surface area (Å²) < 4.78 is 5.18. The molecule has 0 fully saturated rings. The Morgan fingerprint density at radius 3 is 2.74 bits per heavy atom. The van der Waals surface area contributed by atoms with E-state index in [0.29, 0.717) is 17.8 Å². The van der Waals surface area contributed by atoms with Crippen LogP contribution in [0.4, 0.5) is 4.79 Å². The molecule has 19 heavy (non-hydrogen) atoms. The predicted octanol–water partition coefficient (Wildman–Crippen LogP) is 2.01. The Hall–Kier alpha value is -1.58. The van der Waals surface area contributed by atoms with Gasteiger partial charge < -0.3 is 15.8 Å². The molecule has 104 valence electrons. The van der Waals surface area contributed by atoms with Gasteiger partial charge in [0, 0.05) is 23.9 Å². The number of carbonyl (C=O) groups excluding carboxylic acids is 1. The lowest BCUT2D eigenvalue weighted by Crippen LogP contribution is -2.44. The highest BCUT2D eigenvalue weighted by molar-refractivity contribution is 7.12. The molecule has 0 radical (unpaired) electrons. The first kappa shape index (κ1) is 15.5. The molecule has 0 saturated carbocycles. The number of ether oxygens (including phenoxy) is 1. The molecule has 1 aromatic rings. The summed E-state index contributed by atoms with van der Waals surface area (Å²) in [5.74, 6) is 0. The average Bonchev–Trinajstić information content (AvgIpc) is 2.73. The smallest absolute Gasteiger partial charge is 0.407 e. The zero-order chi connectivity index (χ0) is 14.5. The van der Waals surface area contributed by atoms with E-state index in [1.807, 2.05) is 26.8 Å². The number of rotatable bonds is 4. The fourth-order valence-electron chi connectivity index (χ4n) is 1.46. The van der Waals surface area contributed by atoms with Crippen molar-refractivity contribution >= 4 is 17.4 Å². The summed E-state index contributed by atoms with van der Waals surface area (Å²) in [6.07, 6.45) is 0.127. The van der Waals surface area contributed by atoms with Gasteiger partial charge in [0.15, 0.2) is 0 Å². The van der Waals surface area contributed by atoms with Gasteiger partial charge in [-0.1, -0.05) is 0 Å². The van der Waals surface area contributed by atoms with E-state index in [9.17, 15) is 4.79 Å². The second kappa shape index (κ2) is 6.55. The van der Waals surface area contributed by atoms with Crippen LogP contribution in [0.3, 0.4) is 0 Å². The number of nitrogens with two attached hydrogens (primary N) is 1. The highest BCUT2D eigenvalue weighted by Crippen LogP contribution is 2.17. The van der Waals surface area contributed by atoms with E-state index in [1.165, 1.54) is 11.3 Å². The third kappa shape index (κ3) is 5.73. The van der Waals surface area contributed by atoms with E-state index in [0.717, 1.165) is 4.88 Å². The van der Waals surface area contributed by atoms with Crippen LogP contribution in [0.5, 0.6) is 0 Å². The zero-order valence-electron chi connectivity index (χ0n) is 11.4. The van der Waals surface area contributed by atoms with Crippen LogP contribution in [0.1, 0.15) is 30.5 Å². The number of amides is 1. The van der Waals surface area contributed by atoms with E-state index in [4.69, 9.17) is 15.7 Å². The number of thiophene rings is 1. The molecule has 1 atom stereocenters. The normalized spacial score (nSPS) is 12.6. The summed E-state index contributed by atoms with van der Waals surface area (Å²) in [7, 11) is 0. The van der Waals surface area contributed by atoms with Crippen LogP contribution in [0.15, 0.2) is 12.1 Å². The summed E-state index contributed by atoms with van der Waals surface area (Å²) in [4.78, 5) is 13.3. The van der Waals surface area contributed by atoms with Crippen LogP contribution in [0.2, 0.25) is 0 Å². The molecule has 1 amide bonds.